The monoisotopic (exact) mass is 374 g/mol. The molecule has 1 aliphatic heterocycles. The van der Waals surface area contributed by atoms with Crippen LogP contribution in [-0.2, 0) is 4.79 Å². The molecule has 0 saturated heterocycles. The Morgan fingerprint density at radius 3 is 2.58 bits per heavy atom. The third-order valence-electron chi connectivity index (χ3n) is 3.74. The fourth-order valence-corrected chi connectivity index (χ4v) is 2.84. The number of fused-ring (bicyclic) bond motifs is 1. The smallest absolute Gasteiger partial charge is 0.255 e. The Kier molecular flexibility index (Phi) is 5.63. The largest absolute Gasteiger partial charge is 0.486 e. The van der Waals surface area contributed by atoms with E-state index in [1.807, 2.05) is 6.92 Å². The first-order chi connectivity index (χ1) is 12.6. The van der Waals surface area contributed by atoms with Crippen LogP contribution in [0.1, 0.15) is 30.1 Å². The van der Waals surface area contributed by atoms with Gasteiger partial charge in [0.2, 0.25) is 5.91 Å². The molecule has 0 aromatic heterocycles. The number of anilines is 2. The predicted octanol–water partition coefficient (Wildman–Crippen LogP) is 4.10. The molecule has 0 saturated carbocycles. The maximum absolute atomic E-state index is 12.5. The van der Waals surface area contributed by atoms with Crippen LogP contribution in [0.4, 0.5) is 11.4 Å². The van der Waals surface area contributed by atoms with Crippen LogP contribution in [0.25, 0.3) is 0 Å². The third-order valence-corrected chi connectivity index (χ3v) is 4.02. The summed E-state index contributed by atoms with van der Waals surface area (Å²) >= 11 is 6.17. The first kappa shape index (κ1) is 18.1. The van der Waals surface area contributed by atoms with Crippen LogP contribution >= 0.6 is 11.6 Å². The highest BCUT2D eigenvalue weighted by Crippen LogP contribution is 2.38. The average molecular weight is 375 g/mol. The number of ether oxygens (including phenoxy) is 2. The second-order valence-corrected chi connectivity index (χ2v) is 6.22. The first-order valence-electron chi connectivity index (χ1n) is 8.37. The Labute approximate surface area is 156 Å². The minimum absolute atomic E-state index is 0.0606. The molecular weight excluding hydrogens is 356 g/mol. The van der Waals surface area contributed by atoms with E-state index in [0.29, 0.717) is 53.1 Å². The molecule has 0 fully saturated rings. The molecule has 26 heavy (non-hydrogen) atoms. The molecule has 0 atom stereocenters. The van der Waals surface area contributed by atoms with E-state index >= 15 is 0 Å². The Bertz CT molecular complexity index is 838. The molecule has 7 heteroatoms. The molecule has 0 unspecified atom stereocenters. The van der Waals surface area contributed by atoms with Crippen LogP contribution < -0.4 is 20.1 Å². The second-order valence-electron chi connectivity index (χ2n) is 5.82. The van der Waals surface area contributed by atoms with Gasteiger partial charge in [0.25, 0.3) is 5.91 Å². The maximum Gasteiger partial charge on any atom is 0.255 e. The number of halogens is 1. The van der Waals surface area contributed by atoms with Gasteiger partial charge in [0.05, 0.1) is 5.02 Å². The zero-order valence-corrected chi connectivity index (χ0v) is 15.1. The normalized spacial score (nSPS) is 12.4. The standard InChI is InChI=1S/C19H19ClN2O4/c1-2-4-17(23)21-13-5-3-6-14(11-13)22-19(24)12-9-15(20)18-16(10-12)25-7-8-26-18/h3,5-6,9-11H,2,4,7-8H2,1H3,(H,21,23)(H,22,24). The Morgan fingerprint density at radius 1 is 1.08 bits per heavy atom. The predicted molar refractivity (Wildman–Crippen MR) is 100 cm³/mol. The highest BCUT2D eigenvalue weighted by atomic mass is 35.5. The van der Waals surface area contributed by atoms with Gasteiger partial charge >= 0.3 is 0 Å². The summed E-state index contributed by atoms with van der Waals surface area (Å²) in [6, 6.07) is 10.1. The fourth-order valence-electron chi connectivity index (χ4n) is 2.57. The van der Waals surface area contributed by atoms with Gasteiger partial charge in [-0.3, -0.25) is 9.59 Å². The molecule has 2 aromatic carbocycles. The molecule has 2 amide bonds. The number of rotatable bonds is 5. The van der Waals surface area contributed by atoms with Crippen molar-refractivity contribution in [3.8, 4) is 11.5 Å². The van der Waals surface area contributed by atoms with Crippen molar-refractivity contribution >= 4 is 34.8 Å². The summed E-state index contributed by atoms with van der Waals surface area (Å²) in [5.74, 6) is 0.514. The zero-order valence-electron chi connectivity index (χ0n) is 14.3. The molecule has 2 aromatic rings. The summed E-state index contributed by atoms with van der Waals surface area (Å²) in [6.07, 6.45) is 1.22. The van der Waals surface area contributed by atoms with Crippen molar-refractivity contribution in [2.24, 2.45) is 0 Å². The number of amides is 2. The van der Waals surface area contributed by atoms with Crippen molar-refractivity contribution < 1.29 is 19.1 Å². The molecule has 0 radical (unpaired) electrons. The molecule has 1 aliphatic rings. The number of benzene rings is 2. The van der Waals surface area contributed by atoms with Gasteiger partial charge in [-0.1, -0.05) is 24.6 Å². The van der Waals surface area contributed by atoms with Crippen molar-refractivity contribution in [2.75, 3.05) is 23.8 Å². The number of hydrogen-bond acceptors (Lipinski definition) is 4. The zero-order chi connectivity index (χ0) is 18.5. The number of nitrogens with one attached hydrogen (secondary N) is 2. The number of carbonyl (C=O) groups is 2. The van der Waals surface area contributed by atoms with Crippen LogP contribution in [0.15, 0.2) is 36.4 Å². The lowest BCUT2D eigenvalue weighted by molar-refractivity contribution is -0.116. The van der Waals surface area contributed by atoms with Gasteiger partial charge in [-0.05, 0) is 36.8 Å². The number of carbonyl (C=O) groups excluding carboxylic acids is 2. The van der Waals surface area contributed by atoms with Crippen molar-refractivity contribution in [1.29, 1.82) is 0 Å². The van der Waals surface area contributed by atoms with Crippen molar-refractivity contribution in [3.63, 3.8) is 0 Å². The minimum Gasteiger partial charge on any atom is -0.486 e. The molecular formula is C19H19ClN2O4. The molecule has 3 rings (SSSR count). The van der Waals surface area contributed by atoms with Gasteiger partial charge in [-0.15, -0.1) is 0 Å². The van der Waals surface area contributed by atoms with Crippen LogP contribution in [-0.4, -0.2) is 25.0 Å². The maximum atomic E-state index is 12.5. The number of hydrogen-bond donors (Lipinski definition) is 2. The molecule has 136 valence electrons. The summed E-state index contributed by atoms with van der Waals surface area (Å²) in [6.45, 7) is 2.78. The Hall–Kier alpha value is -2.73. The average Bonchev–Trinajstić information content (AvgIpc) is 2.62. The van der Waals surface area contributed by atoms with Crippen LogP contribution in [0.5, 0.6) is 11.5 Å². The van der Waals surface area contributed by atoms with Gasteiger partial charge in [0, 0.05) is 23.4 Å². The molecule has 2 N–H and O–H groups in total. The SMILES string of the molecule is CCCC(=O)Nc1cccc(NC(=O)c2cc(Cl)c3c(c2)OCCO3)c1. The van der Waals surface area contributed by atoms with Crippen molar-refractivity contribution in [2.45, 2.75) is 19.8 Å². The third kappa shape index (κ3) is 4.26. The van der Waals surface area contributed by atoms with E-state index in [-0.39, 0.29) is 11.8 Å². The van der Waals surface area contributed by atoms with Gasteiger partial charge < -0.3 is 20.1 Å². The highest BCUT2D eigenvalue weighted by Gasteiger charge is 2.19. The lowest BCUT2D eigenvalue weighted by Crippen LogP contribution is -2.18. The Morgan fingerprint density at radius 2 is 1.81 bits per heavy atom. The first-order valence-corrected chi connectivity index (χ1v) is 8.75. The minimum atomic E-state index is -0.332. The van der Waals surface area contributed by atoms with Crippen LogP contribution in [0.2, 0.25) is 5.02 Å². The molecule has 0 spiro atoms. The molecule has 0 aliphatic carbocycles. The van der Waals surface area contributed by atoms with E-state index < -0.39 is 0 Å². The summed E-state index contributed by atoms with van der Waals surface area (Å²) in [5.41, 5.74) is 1.55. The quantitative estimate of drug-likeness (QED) is 0.826. The summed E-state index contributed by atoms with van der Waals surface area (Å²) in [7, 11) is 0. The molecule has 6 nitrogen and oxygen atoms in total. The van der Waals surface area contributed by atoms with Gasteiger partial charge in [0.1, 0.15) is 13.2 Å². The van der Waals surface area contributed by atoms with Crippen LogP contribution in [0, 0.1) is 0 Å². The lowest BCUT2D eigenvalue weighted by atomic mass is 10.1. The molecule has 0 bridgehead atoms. The summed E-state index contributed by atoms with van der Waals surface area (Å²) < 4.78 is 10.9. The van der Waals surface area contributed by atoms with Gasteiger partial charge in [0.15, 0.2) is 11.5 Å². The van der Waals surface area contributed by atoms with Gasteiger partial charge in [-0.2, -0.15) is 0 Å². The Balaban J connectivity index is 1.74. The van der Waals surface area contributed by atoms with E-state index in [0.717, 1.165) is 6.42 Å². The topological polar surface area (TPSA) is 76.7 Å². The summed E-state index contributed by atoms with van der Waals surface area (Å²) in [5, 5.41) is 5.92. The van der Waals surface area contributed by atoms with Crippen molar-refractivity contribution in [3.05, 3.63) is 47.0 Å². The van der Waals surface area contributed by atoms with Crippen molar-refractivity contribution in [1.82, 2.24) is 0 Å². The van der Waals surface area contributed by atoms with E-state index in [1.54, 1.807) is 30.3 Å². The lowest BCUT2D eigenvalue weighted by Gasteiger charge is -2.20. The van der Waals surface area contributed by atoms with E-state index in [1.165, 1.54) is 6.07 Å². The van der Waals surface area contributed by atoms with Crippen LogP contribution in [0.3, 0.4) is 0 Å². The van der Waals surface area contributed by atoms with Gasteiger partial charge in [-0.25, -0.2) is 0 Å². The molecule has 1 heterocycles. The highest BCUT2D eigenvalue weighted by molar-refractivity contribution is 6.32. The van der Waals surface area contributed by atoms with E-state index in [2.05, 4.69) is 10.6 Å². The summed E-state index contributed by atoms with van der Waals surface area (Å²) in [4.78, 5) is 24.2. The second kappa shape index (κ2) is 8.10. The fraction of sp³-hybridized carbons (Fsp3) is 0.263. The van der Waals surface area contributed by atoms with E-state index in [4.69, 9.17) is 21.1 Å². The van der Waals surface area contributed by atoms with E-state index in [9.17, 15) is 9.59 Å².